The summed E-state index contributed by atoms with van der Waals surface area (Å²) >= 11 is 6.09. The van der Waals surface area contributed by atoms with Gasteiger partial charge in [-0.15, -0.1) is 3.98 Å². The molecule has 0 radical (unpaired) electrons. The van der Waals surface area contributed by atoms with E-state index in [1.807, 2.05) is 37.3 Å². The Morgan fingerprint density at radius 1 is 1.09 bits per heavy atom. The maximum atomic E-state index is 13.1. The van der Waals surface area contributed by atoms with E-state index in [1.54, 1.807) is 19.1 Å². The molecule has 0 amide bonds. The molecule has 1 aliphatic heterocycles. The summed E-state index contributed by atoms with van der Waals surface area (Å²) in [7, 11) is -3.63. The van der Waals surface area contributed by atoms with Gasteiger partial charge in [0.2, 0.25) is 0 Å². The van der Waals surface area contributed by atoms with Gasteiger partial charge in [-0.1, -0.05) is 29.8 Å². The molecule has 4 nitrogen and oxygen atoms in total. The smallest absolute Gasteiger partial charge is 0.269 e. The molecule has 2 aromatic carbocycles. The number of benzene rings is 2. The van der Waals surface area contributed by atoms with Crippen LogP contribution in [0.1, 0.15) is 16.7 Å². The first-order chi connectivity index (χ1) is 10.9. The third-order valence-corrected chi connectivity index (χ3v) is 6.28. The number of hydrogen-bond acceptors (Lipinski definition) is 3. The fourth-order valence-electron chi connectivity index (χ4n) is 2.71. The molecule has 0 unspecified atom stereocenters. The lowest BCUT2D eigenvalue weighted by molar-refractivity contribution is -0.352. The highest BCUT2D eigenvalue weighted by Crippen LogP contribution is 2.25. The number of amidine groups is 1. The molecule has 0 aliphatic carbocycles. The molecule has 6 heteroatoms. The molecule has 1 heterocycles. The van der Waals surface area contributed by atoms with Crippen molar-refractivity contribution in [3.05, 3.63) is 64.2 Å². The van der Waals surface area contributed by atoms with E-state index < -0.39 is 10.0 Å². The van der Waals surface area contributed by atoms with Crippen molar-refractivity contribution in [3.63, 3.8) is 0 Å². The molecule has 0 saturated heterocycles. The van der Waals surface area contributed by atoms with E-state index in [0.717, 1.165) is 11.1 Å². The summed E-state index contributed by atoms with van der Waals surface area (Å²) in [6.45, 7) is 4.58. The van der Waals surface area contributed by atoms with Gasteiger partial charge in [-0.3, -0.25) is 5.32 Å². The number of halogens is 1. The Bertz CT molecular complexity index is 890. The molecule has 0 bridgehead atoms. The van der Waals surface area contributed by atoms with Crippen LogP contribution in [0.5, 0.6) is 0 Å². The second-order valence-corrected chi connectivity index (χ2v) is 7.82. The van der Waals surface area contributed by atoms with Crippen LogP contribution in [0.4, 0.5) is 0 Å². The van der Waals surface area contributed by atoms with Crippen molar-refractivity contribution < 1.29 is 12.4 Å². The van der Waals surface area contributed by atoms with Crippen molar-refractivity contribution in [2.24, 2.45) is 0 Å². The minimum absolute atomic E-state index is 0.302. The van der Waals surface area contributed by atoms with Crippen LogP contribution in [0.25, 0.3) is 0 Å². The number of sulfonamides is 1. The van der Waals surface area contributed by atoms with Crippen LogP contribution in [0.15, 0.2) is 47.4 Å². The fourth-order valence-corrected chi connectivity index (χ4v) is 4.70. The Morgan fingerprint density at radius 2 is 1.78 bits per heavy atom. The third kappa shape index (κ3) is 2.86. The van der Waals surface area contributed by atoms with Crippen LogP contribution in [-0.4, -0.2) is 31.3 Å². The van der Waals surface area contributed by atoms with E-state index in [-0.39, 0.29) is 0 Å². The average Bonchev–Trinajstić information content (AvgIpc) is 3.02. The van der Waals surface area contributed by atoms with Gasteiger partial charge in [-0.25, -0.2) is 0 Å². The van der Waals surface area contributed by atoms with Gasteiger partial charge in [-0.2, -0.15) is 8.42 Å². The topological polar surface area (TPSA) is 49.2 Å². The van der Waals surface area contributed by atoms with Crippen molar-refractivity contribution in [1.82, 2.24) is 5.32 Å². The maximum absolute atomic E-state index is 13.1. The Balaban J connectivity index is 2.18. The number of hydrogen-bond donors (Lipinski definition) is 1. The summed E-state index contributed by atoms with van der Waals surface area (Å²) in [6.07, 6.45) is 0. The van der Waals surface area contributed by atoms with Crippen molar-refractivity contribution in [2.45, 2.75) is 18.7 Å². The van der Waals surface area contributed by atoms with Crippen molar-refractivity contribution in [3.8, 4) is 0 Å². The van der Waals surface area contributed by atoms with Gasteiger partial charge in [0.15, 0.2) is 0 Å². The lowest BCUT2D eigenvalue weighted by atomic mass is 10.2. The molecule has 0 aromatic heterocycles. The van der Waals surface area contributed by atoms with Gasteiger partial charge in [0, 0.05) is 5.02 Å². The third-order valence-electron chi connectivity index (χ3n) is 3.93. The highest BCUT2D eigenvalue weighted by molar-refractivity contribution is 7.85. The minimum atomic E-state index is -3.63. The zero-order chi connectivity index (χ0) is 16.6. The first kappa shape index (κ1) is 16.0. The lowest BCUT2D eigenvalue weighted by Crippen LogP contribution is -2.28. The normalized spacial score (nSPS) is 14.9. The predicted octanol–water partition coefficient (Wildman–Crippen LogP) is 2.71. The Morgan fingerprint density at radius 3 is 2.48 bits per heavy atom. The molecule has 3 rings (SSSR count). The summed E-state index contributed by atoms with van der Waals surface area (Å²) in [5, 5.41) is 3.76. The van der Waals surface area contributed by atoms with Crippen LogP contribution in [0, 0.1) is 13.8 Å². The molecule has 2 aromatic rings. The molecule has 1 N–H and O–H groups in total. The second-order valence-electron chi connectivity index (χ2n) is 5.59. The first-order valence-electron chi connectivity index (χ1n) is 7.37. The van der Waals surface area contributed by atoms with Gasteiger partial charge in [0.05, 0.1) is 5.56 Å². The van der Waals surface area contributed by atoms with Crippen molar-refractivity contribution >= 4 is 27.5 Å². The fraction of sp³-hybridized carbons (Fsp3) is 0.235. The van der Waals surface area contributed by atoms with Gasteiger partial charge in [0.25, 0.3) is 5.84 Å². The first-order valence-corrected chi connectivity index (χ1v) is 9.19. The van der Waals surface area contributed by atoms with E-state index in [0.29, 0.717) is 34.4 Å². The number of nitrogens with zero attached hydrogens (tertiary/aromatic N) is 1. The summed E-state index contributed by atoms with van der Waals surface area (Å²) in [6, 6.07) is 12.8. The van der Waals surface area contributed by atoms with Gasteiger partial charge in [0.1, 0.15) is 18.0 Å². The van der Waals surface area contributed by atoms with Gasteiger partial charge < -0.3 is 0 Å². The van der Waals surface area contributed by atoms with Crippen LogP contribution < -0.4 is 5.32 Å². The molecule has 23 heavy (non-hydrogen) atoms. The van der Waals surface area contributed by atoms with Crippen LogP contribution in [0.2, 0.25) is 5.02 Å². The highest BCUT2D eigenvalue weighted by Gasteiger charge is 2.34. The van der Waals surface area contributed by atoms with E-state index >= 15 is 0 Å². The summed E-state index contributed by atoms with van der Waals surface area (Å²) < 4.78 is 27.7. The molecule has 120 valence electrons. The average molecular weight is 350 g/mol. The monoisotopic (exact) mass is 349 g/mol. The number of aryl methyl sites for hydroxylation is 2. The quantitative estimate of drug-likeness (QED) is 0.867. The van der Waals surface area contributed by atoms with E-state index in [4.69, 9.17) is 11.6 Å². The Kier molecular flexibility index (Phi) is 4.17. The summed E-state index contributed by atoms with van der Waals surface area (Å²) in [5.74, 6) is 0.623. The largest absolute Gasteiger partial charge is 0.331 e. The second kappa shape index (κ2) is 5.98. The molecular weight excluding hydrogens is 332 g/mol. The molecular formula is C17H18ClN2O2S+. The van der Waals surface area contributed by atoms with Crippen LogP contribution in [-0.2, 0) is 10.0 Å². The SMILES string of the molecule is Cc1cc(S(=O)(=O)[N+]2=C(c3ccccc3)NCC2)c(C)cc1Cl. The minimum Gasteiger partial charge on any atom is -0.269 e. The van der Waals surface area contributed by atoms with Gasteiger partial charge >= 0.3 is 10.0 Å². The maximum Gasteiger partial charge on any atom is 0.331 e. The van der Waals surface area contributed by atoms with Gasteiger partial charge in [-0.05, 0) is 49.2 Å². The molecule has 0 saturated carbocycles. The van der Waals surface area contributed by atoms with Crippen LogP contribution in [0.3, 0.4) is 0 Å². The zero-order valence-corrected chi connectivity index (χ0v) is 14.6. The number of nitrogens with one attached hydrogen (secondary N) is 1. The van der Waals surface area contributed by atoms with Crippen molar-refractivity contribution in [2.75, 3.05) is 13.1 Å². The lowest BCUT2D eigenvalue weighted by Gasteiger charge is -2.10. The molecule has 0 fully saturated rings. The summed E-state index contributed by atoms with van der Waals surface area (Å²) in [5.41, 5.74) is 2.26. The zero-order valence-electron chi connectivity index (χ0n) is 13.0. The standard InChI is InChI=1S/C17H17ClN2O2S/c1-12-11-16(13(2)10-15(12)18)23(21,22)20-9-8-19-17(20)14-6-4-3-5-7-14/h3-7,10-11H,8-9H2,1-2H3/p+1. The predicted molar refractivity (Wildman–Crippen MR) is 91.8 cm³/mol. The Labute approximate surface area is 141 Å². The van der Waals surface area contributed by atoms with E-state index in [1.165, 1.54) is 3.98 Å². The highest BCUT2D eigenvalue weighted by atomic mass is 35.5. The molecule has 1 aliphatic rings. The van der Waals surface area contributed by atoms with Crippen LogP contribution >= 0.6 is 11.6 Å². The Hall–Kier alpha value is -1.85. The summed E-state index contributed by atoms with van der Waals surface area (Å²) in [4.78, 5) is 0.302. The van der Waals surface area contributed by atoms with Crippen molar-refractivity contribution in [1.29, 1.82) is 0 Å². The van der Waals surface area contributed by atoms with E-state index in [2.05, 4.69) is 5.32 Å². The number of rotatable bonds is 3. The molecule has 0 spiro atoms. The van der Waals surface area contributed by atoms with E-state index in [9.17, 15) is 8.42 Å². The molecule has 0 atom stereocenters.